The lowest BCUT2D eigenvalue weighted by atomic mass is 10.2. The van der Waals surface area contributed by atoms with E-state index in [1.54, 1.807) is 12.1 Å². The van der Waals surface area contributed by atoms with Crippen molar-refractivity contribution in [2.45, 2.75) is 0 Å². The molecule has 0 aliphatic rings. The normalized spacial score (nSPS) is 11.2. The molecule has 0 atom stereocenters. The molecule has 2 rings (SSSR count). The molecule has 4 N–H and O–H groups in total. The second kappa shape index (κ2) is 5.03. The Kier molecular flexibility index (Phi) is 3.25. The van der Waals surface area contributed by atoms with Crippen LogP contribution < -0.4 is 11.1 Å². The fourth-order valence-electron chi connectivity index (χ4n) is 1.47. The molecule has 0 spiro atoms. The SMILES string of the molecule is NC(=NO)c1ccc(Nc2ccccc2)cc1. The van der Waals surface area contributed by atoms with Crippen LogP contribution >= 0.6 is 0 Å². The van der Waals surface area contributed by atoms with Crippen LogP contribution in [0.15, 0.2) is 59.8 Å². The fourth-order valence-corrected chi connectivity index (χ4v) is 1.47. The Bertz CT molecular complexity index is 506. The van der Waals surface area contributed by atoms with E-state index in [4.69, 9.17) is 10.9 Å². The van der Waals surface area contributed by atoms with E-state index in [9.17, 15) is 0 Å². The average Bonchev–Trinajstić information content (AvgIpc) is 2.40. The van der Waals surface area contributed by atoms with Crippen LogP contribution in [0.3, 0.4) is 0 Å². The zero-order valence-electron chi connectivity index (χ0n) is 9.17. The number of amidine groups is 1. The summed E-state index contributed by atoms with van der Waals surface area (Å²) >= 11 is 0. The van der Waals surface area contributed by atoms with Gasteiger partial charge < -0.3 is 16.3 Å². The van der Waals surface area contributed by atoms with E-state index in [2.05, 4.69) is 10.5 Å². The Morgan fingerprint density at radius 3 is 2.12 bits per heavy atom. The summed E-state index contributed by atoms with van der Waals surface area (Å²) in [6, 6.07) is 17.2. The first kappa shape index (κ1) is 11.0. The van der Waals surface area contributed by atoms with Gasteiger partial charge in [0, 0.05) is 16.9 Å². The lowest BCUT2D eigenvalue weighted by molar-refractivity contribution is 0.318. The largest absolute Gasteiger partial charge is 0.409 e. The molecule has 0 aromatic heterocycles. The third-order valence-electron chi connectivity index (χ3n) is 2.35. The predicted molar refractivity (Wildman–Crippen MR) is 68.7 cm³/mol. The molecule has 0 aliphatic heterocycles. The Morgan fingerprint density at radius 1 is 0.941 bits per heavy atom. The number of oxime groups is 1. The number of nitrogens with two attached hydrogens (primary N) is 1. The zero-order chi connectivity index (χ0) is 12.1. The van der Waals surface area contributed by atoms with Crippen LogP contribution in [0.1, 0.15) is 5.56 Å². The number of para-hydroxylation sites is 1. The second-order valence-electron chi connectivity index (χ2n) is 3.55. The van der Waals surface area contributed by atoms with Crippen molar-refractivity contribution < 1.29 is 5.21 Å². The van der Waals surface area contributed by atoms with E-state index in [0.717, 1.165) is 11.4 Å². The number of hydrogen-bond donors (Lipinski definition) is 3. The molecule has 2 aromatic rings. The Morgan fingerprint density at radius 2 is 1.53 bits per heavy atom. The number of nitrogens with one attached hydrogen (secondary N) is 1. The van der Waals surface area contributed by atoms with E-state index >= 15 is 0 Å². The van der Waals surface area contributed by atoms with Crippen molar-refractivity contribution in [1.29, 1.82) is 0 Å². The summed E-state index contributed by atoms with van der Waals surface area (Å²) in [5.41, 5.74) is 8.13. The van der Waals surface area contributed by atoms with Gasteiger partial charge in [0.25, 0.3) is 0 Å². The molecule has 0 heterocycles. The van der Waals surface area contributed by atoms with Gasteiger partial charge in [-0.1, -0.05) is 23.4 Å². The summed E-state index contributed by atoms with van der Waals surface area (Å²) in [5, 5.41) is 14.7. The average molecular weight is 227 g/mol. The lowest BCUT2D eigenvalue weighted by Gasteiger charge is -2.06. The highest BCUT2D eigenvalue weighted by Gasteiger charge is 1.99. The van der Waals surface area contributed by atoms with E-state index in [1.807, 2.05) is 42.5 Å². The molecule has 4 heteroatoms. The van der Waals surface area contributed by atoms with Gasteiger partial charge in [0.15, 0.2) is 5.84 Å². The van der Waals surface area contributed by atoms with E-state index in [0.29, 0.717) is 5.56 Å². The van der Waals surface area contributed by atoms with Crippen molar-refractivity contribution >= 4 is 17.2 Å². The molecule has 0 amide bonds. The molecule has 0 radical (unpaired) electrons. The maximum atomic E-state index is 8.54. The summed E-state index contributed by atoms with van der Waals surface area (Å²) in [4.78, 5) is 0. The van der Waals surface area contributed by atoms with Crippen LogP contribution in [-0.4, -0.2) is 11.0 Å². The molecule has 4 nitrogen and oxygen atoms in total. The van der Waals surface area contributed by atoms with Gasteiger partial charge in [-0.25, -0.2) is 0 Å². The van der Waals surface area contributed by atoms with Gasteiger partial charge in [-0.15, -0.1) is 0 Å². The molecule has 17 heavy (non-hydrogen) atoms. The van der Waals surface area contributed by atoms with Crippen molar-refractivity contribution in [3.63, 3.8) is 0 Å². The summed E-state index contributed by atoms with van der Waals surface area (Å²) in [6.45, 7) is 0. The first-order valence-electron chi connectivity index (χ1n) is 5.19. The maximum absolute atomic E-state index is 8.54. The van der Waals surface area contributed by atoms with Crippen molar-refractivity contribution in [2.24, 2.45) is 10.9 Å². The van der Waals surface area contributed by atoms with E-state index in [1.165, 1.54) is 0 Å². The number of anilines is 2. The lowest BCUT2D eigenvalue weighted by Crippen LogP contribution is -2.12. The van der Waals surface area contributed by atoms with Crippen LogP contribution in [0.4, 0.5) is 11.4 Å². The smallest absolute Gasteiger partial charge is 0.170 e. The van der Waals surface area contributed by atoms with Gasteiger partial charge in [-0.2, -0.15) is 0 Å². The first-order valence-corrected chi connectivity index (χ1v) is 5.19. The maximum Gasteiger partial charge on any atom is 0.170 e. The molecule has 0 fully saturated rings. The Balaban J connectivity index is 2.14. The van der Waals surface area contributed by atoms with E-state index < -0.39 is 0 Å². The standard InChI is InChI=1S/C13H13N3O/c14-13(16-17)10-6-8-12(9-7-10)15-11-4-2-1-3-5-11/h1-9,15,17H,(H2,14,16). The van der Waals surface area contributed by atoms with Crippen LogP contribution in [-0.2, 0) is 0 Å². The minimum atomic E-state index is 0.108. The number of rotatable bonds is 3. The number of hydrogen-bond acceptors (Lipinski definition) is 3. The number of benzene rings is 2. The molecule has 0 aliphatic carbocycles. The summed E-state index contributed by atoms with van der Waals surface area (Å²) in [7, 11) is 0. The van der Waals surface area contributed by atoms with Crippen molar-refractivity contribution in [3.8, 4) is 0 Å². The molecule has 0 bridgehead atoms. The van der Waals surface area contributed by atoms with Crippen LogP contribution in [0.25, 0.3) is 0 Å². The summed E-state index contributed by atoms with van der Waals surface area (Å²) < 4.78 is 0. The van der Waals surface area contributed by atoms with Gasteiger partial charge in [-0.3, -0.25) is 0 Å². The number of nitrogens with zero attached hydrogens (tertiary/aromatic N) is 1. The molecule has 86 valence electrons. The van der Waals surface area contributed by atoms with Crippen LogP contribution in [0.2, 0.25) is 0 Å². The van der Waals surface area contributed by atoms with Crippen molar-refractivity contribution in [3.05, 3.63) is 60.2 Å². The van der Waals surface area contributed by atoms with Crippen LogP contribution in [0.5, 0.6) is 0 Å². The quantitative estimate of drug-likeness (QED) is 0.326. The van der Waals surface area contributed by atoms with Gasteiger partial charge in [0.2, 0.25) is 0 Å². The zero-order valence-corrected chi connectivity index (χ0v) is 9.17. The molecule has 0 saturated heterocycles. The molecule has 2 aromatic carbocycles. The molecule has 0 saturated carbocycles. The first-order chi connectivity index (χ1) is 8.29. The Labute approximate surface area is 99.4 Å². The van der Waals surface area contributed by atoms with Crippen molar-refractivity contribution in [1.82, 2.24) is 0 Å². The monoisotopic (exact) mass is 227 g/mol. The molecule has 0 unspecified atom stereocenters. The minimum Gasteiger partial charge on any atom is -0.409 e. The van der Waals surface area contributed by atoms with Gasteiger partial charge >= 0.3 is 0 Å². The molecular weight excluding hydrogens is 214 g/mol. The third-order valence-corrected chi connectivity index (χ3v) is 2.35. The second-order valence-corrected chi connectivity index (χ2v) is 3.55. The third kappa shape index (κ3) is 2.75. The van der Waals surface area contributed by atoms with Gasteiger partial charge in [0.1, 0.15) is 0 Å². The highest BCUT2D eigenvalue weighted by Crippen LogP contribution is 2.16. The summed E-state index contributed by atoms with van der Waals surface area (Å²) in [5.74, 6) is 0.108. The highest BCUT2D eigenvalue weighted by atomic mass is 16.4. The molecular formula is C13H13N3O. The Hall–Kier alpha value is -2.49. The van der Waals surface area contributed by atoms with Gasteiger partial charge in [-0.05, 0) is 36.4 Å². The summed E-state index contributed by atoms with van der Waals surface area (Å²) in [6.07, 6.45) is 0. The van der Waals surface area contributed by atoms with Crippen LogP contribution in [0, 0.1) is 0 Å². The topological polar surface area (TPSA) is 70.6 Å². The fraction of sp³-hybridized carbons (Fsp3) is 0. The highest BCUT2D eigenvalue weighted by molar-refractivity contribution is 5.97. The minimum absolute atomic E-state index is 0.108. The van der Waals surface area contributed by atoms with Crippen molar-refractivity contribution in [2.75, 3.05) is 5.32 Å². The predicted octanol–water partition coefficient (Wildman–Crippen LogP) is 2.52. The van der Waals surface area contributed by atoms with Gasteiger partial charge in [0.05, 0.1) is 0 Å². The van der Waals surface area contributed by atoms with E-state index in [-0.39, 0.29) is 5.84 Å².